The van der Waals surface area contributed by atoms with Crippen LogP contribution in [0.3, 0.4) is 0 Å². The lowest BCUT2D eigenvalue weighted by Gasteiger charge is -2.13. The lowest BCUT2D eigenvalue weighted by Crippen LogP contribution is -2.07. The van der Waals surface area contributed by atoms with E-state index in [9.17, 15) is 0 Å². The van der Waals surface area contributed by atoms with E-state index in [2.05, 4.69) is 130 Å². The molecule has 0 atom stereocenters. The fraction of sp³-hybridized carbons (Fsp3) is 0. The van der Waals surface area contributed by atoms with Gasteiger partial charge in [0.1, 0.15) is 16.7 Å². The van der Waals surface area contributed by atoms with Crippen LogP contribution < -0.4 is 0 Å². The molecule has 8 heteroatoms. The van der Waals surface area contributed by atoms with Crippen molar-refractivity contribution in [1.82, 2.24) is 29.1 Å². The third-order valence-corrected chi connectivity index (χ3v) is 12.8. The lowest BCUT2D eigenvalue weighted by atomic mass is 10.0. The van der Waals surface area contributed by atoms with Gasteiger partial charge >= 0.3 is 0 Å². The van der Waals surface area contributed by atoms with Gasteiger partial charge in [-0.1, -0.05) is 152 Å². The van der Waals surface area contributed by atoms with Gasteiger partial charge in [-0.2, -0.15) is 9.97 Å². The first-order valence-corrected chi connectivity index (χ1v) is 22.0. The average Bonchev–Trinajstić information content (AvgIpc) is 4.16. The Labute approximate surface area is 376 Å². The Morgan fingerprint density at radius 2 is 0.879 bits per heavy atom. The van der Waals surface area contributed by atoms with Crippen LogP contribution in [0.1, 0.15) is 0 Å². The van der Waals surface area contributed by atoms with Gasteiger partial charge in [0.2, 0.25) is 11.8 Å². The second-order valence-electron chi connectivity index (χ2n) is 16.6. The van der Waals surface area contributed by atoms with Gasteiger partial charge in [-0.3, -0.25) is 4.57 Å². The molecule has 0 fully saturated rings. The summed E-state index contributed by atoms with van der Waals surface area (Å²) in [6, 6.07) is 70.9. The molecule has 0 N–H and O–H groups in total. The highest BCUT2D eigenvalue weighted by molar-refractivity contribution is 6.24. The summed E-state index contributed by atoms with van der Waals surface area (Å²) >= 11 is 0. The highest BCUT2D eigenvalue weighted by Crippen LogP contribution is 2.43. The van der Waals surface area contributed by atoms with Crippen LogP contribution in [0.2, 0.25) is 0 Å². The summed E-state index contributed by atoms with van der Waals surface area (Å²) in [6.07, 6.45) is 0. The van der Waals surface area contributed by atoms with Crippen LogP contribution in [0, 0.1) is 0 Å². The smallest absolute Gasteiger partial charge is 0.238 e. The van der Waals surface area contributed by atoms with Crippen LogP contribution in [-0.4, -0.2) is 29.1 Å². The predicted molar refractivity (Wildman–Crippen MR) is 265 cm³/mol. The van der Waals surface area contributed by atoms with Crippen molar-refractivity contribution in [2.75, 3.05) is 0 Å². The molecule has 0 aliphatic carbocycles. The van der Waals surface area contributed by atoms with Crippen LogP contribution in [0.5, 0.6) is 0 Å². The molecule has 0 unspecified atom stereocenters. The van der Waals surface area contributed by atoms with Gasteiger partial charge < -0.3 is 13.4 Å². The van der Waals surface area contributed by atoms with Crippen molar-refractivity contribution in [3.8, 4) is 57.0 Å². The minimum Gasteiger partial charge on any atom is -0.456 e. The van der Waals surface area contributed by atoms with E-state index in [1.54, 1.807) is 0 Å². The van der Waals surface area contributed by atoms with Crippen LogP contribution in [0.15, 0.2) is 215 Å². The maximum atomic E-state index is 6.87. The Balaban J connectivity index is 0.975. The maximum Gasteiger partial charge on any atom is 0.238 e. The number of benzene rings is 9. The molecule has 0 saturated carbocycles. The van der Waals surface area contributed by atoms with Crippen LogP contribution >= 0.6 is 0 Å². The van der Waals surface area contributed by atoms with E-state index in [-0.39, 0.29) is 0 Å². The molecular weight excluding hydrogens is 813 g/mol. The van der Waals surface area contributed by atoms with Gasteiger partial charge in [0, 0.05) is 49.0 Å². The van der Waals surface area contributed by atoms with E-state index in [0.717, 1.165) is 105 Å². The fourth-order valence-electron chi connectivity index (χ4n) is 9.80. The number of hydrogen-bond donors (Lipinski definition) is 0. The first-order chi connectivity index (χ1) is 32.7. The Morgan fingerprint density at radius 3 is 1.58 bits per heavy atom. The van der Waals surface area contributed by atoms with Crippen molar-refractivity contribution in [1.29, 1.82) is 0 Å². The zero-order chi connectivity index (χ0) is 43.3. The molecular formula is C58H34N6O2. The molecule has 66 heavy (non-hydrogen) atoms. The largest absolute Gasteiger partial charge is 0.456 e. The molecule has 14 aromatic rings. The van der Waals surface area contributed by atoms with E-state index in [1.807, 2.05) is 84.9 Å². The molecule has 0 aliphatic heterocycles. The molecule has 14 rings (SSSR count). The van der Waals surface area contributed by atoms with Crippen molar-refractivity contribution < 1.29 is 8.83 Å². The summed E-state index contributed by atoms with van der Waals surface area (Å²) in [4.78, 5) is 20.7. The summed E-state index contributed by atoms with van der Waals surface area (Å²) in [6.45, 7) is 0. The number of rotatable bonds is 6. The monoisotopic (exact) mass is 846 g/mol. The SMILES string of the molecule is c1ccc(-c2nc(-c3ccccc3)nc(-n3c4ccccc4c4ccc5c6ccccc6n(-c6cccc7nc(-c8ccc(-c9ccc%10c(c9)oc9ccccc9%10)cc8)oc67)c5c43)n2)cc1. The van der Waals surface area contributed by atoms with Crippen LogP contribution in [0.25, 0.3) is 134 Å². The van der Waals surface area contributed by atoms with Gasteiger partial charge in [-0.15, -0.1) is 0 Å². The summed E-state index contributed by atoms with van der Waals surface area (Å²) in [7, 11) is 0. The zero-order valence-corrected chi connectivity index (χ0v) is 35.1. The highest BCUT2D eigenvalue weighted by atomic mass is 16.3. The summed E-state index contributed by atoms with van der Waals surface area (Å²) < 4.78 is 17.6. The fourth-order valence-corrected chi connectivity index (χ4v) is 9.80. The molecule has 0 saturated heterocycles. The number of aromatic nitrogens is 6. The predicted octanol–water partition coefficient (Wildman–Crippen LogP) is 14.8. The van der Waals surface area contributed by atoms with Gasteiger partial charge in [-0.25, -0.2) is 9.97 Å². The van der Waals surface area contributed by atoms with Crippen molar-refractivity contribution in [3.63, 3.8) is 0 Å². The van der Waals surface area contributed by atoms with E-state index < -0.39 is 0 Å². The first-order valence-electron chi connectivity index (χ1n) is 22.0. The van der Waals surface area contributed by atoms with Crippen molar-refractivity contribution in [2.24, 2.45) is 0 Å². The number of furan rings is 1. The Kier molecular flexibility index (Phi) is 7.81. The Hall–Kier alpha value is -9.14. The quantitative estimate of drug-likeness (QED) is 0.166. The third kappa shape index (κ3) is 5.52. The van der Waals surface area contributed by atoms with Gasteiger partial charge in [0.15, 0.2) is 17.2 Å². The van der Waals surface area contributed by atoms with Crippen LogP contribution in [-0.2, 0) is 0 Å². The minimum atomic E-state index is 0.527. The minimum absolute atomic E-state index is 0.527. The summed E-state index contributed by atoms with van der Waals surface area (Å²) in [5.74, 6) is 2.26. The van der Waals surface area contributed by atoms with E-state index in [4.69, 9.17) is 28.8 Å². The van der Waals surface area contributed by atoms with Gasteiger partial charge in [0.05, 0.1) is 27.8 Å². The normalized spacial score (nSPS) is 11.9. The maximum absolute atomic E-state index is 6.87. The molecule has 0 amide bonds. The van der Waals surface area contributed by atoms with Crippen molar-refractivity contribution in [3.05, 3.63) is 206 Å². The molecule has 5 aromatic heterocycles. The van der Waals surface area contributed by atoms with E-state index >= 15 is 0 Å². The molecule has 0 aliphatic rings. The summed E-state index contributed by atoms with van der Waals surface area (Å²) in [5.41, 5.74) is 12.9. The molecule has 0 radical (unpaired) electrons. The van der Waals surface area contributed by atoms with Crippen molar-refractivity contribution >= 4 is 76.6 Å². The van der Waals surface area contributed by atoms with Gasteiger partial charge in [-0.05, 0) is 65.7 Å². The Bertz CT molecular complexity index is 4160. The Morgan fingerprint density at radius 1 is 0.333 bits per heavy atom. The van der Waals surface area contributed by atoms with Gasteiger partial charge in [0.25, 0.3) is 0 Å². The van der Waals surface area contributed by atoms with E-state index in [1.165, 1.54) is 0 Å². The second kappa shape index (κ2) is 14.2. The standard InChI is InChI=1S/C58H34N6O2/c1-3-14-36(15-4-1)55-60-56(37-16-5-2-6-17-37)62-58(61-55)64-48-23-11-8-19-41(48)45-33-32-44-40-18-7-10-22-47(40)63(52(44)53(45)64)49-24-13-21-46-54(49)66-57(59-46)38-28-26-35(27-29-38)39-30-31-43-42-20-9-12-25-50(42)65-51(43)34-39/h1-34H. The molecule has 308 valence electrons. The number of hydrogen-bond acceptors (Lipinski definition) is 6. The first kappa shape index (κ1) is 36.4. The second-order valence-corrected chi connectivity index (χ2v) is 16.6. The summed E-state index contributed by atoms with van der Waals surface area (Å²) in [5, 5.41) is 6.61. The number of oxazole rings is 1. The molecule has 8 nitrogen and oxygen atoms in total. The molecule has 5 heterocycles. The highest BCUT2D eigenvalue weighted by Gasteiger charge is 2.25. The number of para-hydroxylation sites is 4. The zero-order valence-electron chi connectivity index (χ0n) is 35.1. The van der Waals surface area contributed by atoms with Crippen LogP contribution in [0.4, 0.5) is 0 Å². The topological polar surface area (TPSA) is 87.7 Å². The number of nitrogens with zero attached hydrogens (tertiary/aromatic N) is 6. The third-order valence-electron chi connectivity index (χ3n) is 12.8. The number of fused-ring (bicyclic) bond motifs is 11. The average molecular weight is 847 g/mol. The molecule has 0 spiro atoms. The molecule has 9 aromatic carbocycles. The lowest BCUT2D eigenvalue weighted by molar-refractivity contribution is 0.618. The molecule has 0 bridgehead atoms. The van der Waals surface area contributed by atoms with E-state index in [0.29, 0.717) is 29.1 Å². The van der Waals surface area contributed by atoms with Crippen molar-refractivity contribution in [2.45, 2.75) is 0 Å².